The van der Waals surface area contributed by atoms with Crippen LogP contribution in [0.3, 0.4) is 0 Å². The van der Waals surface area contributed by atoms with Crippen molar-refractivity contribution in [1.82, 2.24) is 24.3 Å². The van der Waals surface area contributed by atoms with Crippen molar-refractivity contribution in [2.45, 2.75) is 31.5 Å². The maximum absolute atomic E-state index is 12.5. The summed E-state index contributed by atoms with van der Waals surface area (Å²) < 4.78 is 8.37. The van der Waals surface area contributed by atoms with Crippen molar-refractivity contribution in [2.24, 2.45) is 0 Å². The van der Waals surface area contributed by atoms with Crippen molar-refractivity contribution < 1.29 is 9.53 Å². The largest absolute Gasteiger partial charge is 0.462 e. The van der Waals surface area contributed by atoms with Gasteiger partial charge in [-0.3, -0.25) is 4.79 Å². The van der Waals surface area contributed by atoms with Crippen LogP contribution in [-0.2, 0) is 11.3 Å². The second-order valence-corrected chi connectivity index (χ2v) is 11.0. The summed E-state index contributed by atoms with van der Waals surface area (Å²) in [6, 6.07) is 15.3. The van der Waals surface area contributed by atoms with Gasteiger partial charge in [-0.1, -0.05) is 49.0 Å². The summed E-state index contributed by atoms with van der Waals surface area (Å²) in [5, 5.41) is 3.38. The summed E-state index contributed by atoms with van der Waals surface area (Å²) in [4.78, 5) is 32.1. The first-order chi connectivity index (χ1) is 20.0. The number of fused-ring (bicyclic) bond motifs is 2. The number of likely N-dealkylation sites (tertiary alicyclic amines) is 1. The molecule has 9 nitrogen and oxygen atoms in total. The average molecular weight is 550 g/mol. The van der Waals surface area contributed by atoms with Gasteiger partial charge in [0.15, 0.2) is 0 Å². The quantitative estimate of drug-likeness (QED) is 0.242. The molecule has 2 aromatic carbocycles. The van der Waals surface area contributed by atoms with Crippen molar-refractivity contribution in [3.05, 3.63) is 84.5 Å². The number of benzene rings is 2. The molecule has 210 valence electrons. The molecule has 2 fully saturated rings. The highest BCUT2D eigenvalue weighted by atomic mass is 16.5. The Balaban J connectivity index is 1.35. The third kappa shape index (κ3) is 5.48. The molecule has 1 amide bonds. The maximum Gasteiger partial charge on any atom is 0.319 e. The molecule has 0 bridgehead atoms. The minimum Gasteiger partial charge on any atom is -0.462 e. The van der Waals surface area contributed by atoms with Gasteiger partial charge < -0.3 is 28.8 Å². The molecule has 9 heteroatoms. The molecular weight excluding hydrogens is 514 g/mol. The highest BCUT2D eigenvalue weighted by Gasteiger charge is 2.33. The van der Waals surface area contributed by atoms with Gasteiger partial charge in [-0.05, 0) is 48.8 Å². The molecule has 41 heavy (non-hydrogen) atoms. The van der Waals surface area contributed by atoms with E-state index in [0.717, 1.165) is 29.7 Å². The van der Waals surface area contributed by atoms with Crippen molar-refractivity contribution >= 4 is 33.4 Å². The normalized spacial score (nSPS) is 19.5. The minimum atomic E-state index is -0.244. The number of likely N-dealkylation sites (N-methyl/N-ethyl adjacent to an activating group) is 1. The number of ether oxygens (including phenoxy) is 1. The molecule has 4 aromatic rings. The maximum atomic E-state index is 12.5. The zero-order valence-electron chi connectivity index (χ0n) is 23.4. The number of nitrogens with zero attached hydrogens (tertiary/aromatic N) is 7. The summed E-state index contributed by atoms with van der Waals surface area (Å²) in [6.45, 7) is 15.3. The van der Waals surface area contributed by atoms with Crippen molar-refractivity contribution in [2.75, 3.05) is 51.3 Å². The van der Waals surface area contributed by atoms with E-state index in [9.17, 15) is 4.79 Å². The van der Waals surface area contributed by atoms with Crippen LogP contribution >= 0.6 is 0 Å². The standard InChI is InChI=1S/C32H35N7O2/c1-4-30(40)39-16-15-38(19-26(39)17-33-2)31-28-20-37(18-24-11-7-10-23-9-5-6-13-27(23)24)21-29(28)34-32(35-31)41-22-25-12-8-14-36(25)3/h4-7,9-11,13,20-21,25-26H,1,8,12,14-19,22H2,3H3/t25-,26-/m0/s1. The van der Waals surface area contributed by atoms with Crippen LogP contribution < -0.4 is 9.64 Å². The number of aromatic nitrogens is 3. The third-order valence-electron chi connectivity index (χ3n) is 8.37. The van der Waals surface area contributed by atoms with Crippen LogP contribution in [0, 0.1) is 6.57 Å². The summed E-state index contributed by atoms with van der Waals surface area (Å²) in [5.74, 6) is 0.638. The molecule has 2 aliphatic rings. The summed E-state index contributed by atoms with van der Waals surface area (Å²) >= 11 is 0. The van der Waals surface area contributed by atoms with E-state index in [2.05, 4.69) is 87.7 Å². The molecule has 4 heterocycles. The first-order valence-corrected chi connectivity index (χ1v) is 14.2. The molecule has 6 rings (SSSR count). The van der Waals surface area contributed by atoms with E-state index < -0.39 is 0 Å². The van der Waals surface area contributed by atoms with Crippen LogP contribution in [-0.4, -0.2) is 88.7 Å². The first-order valence-electron chi connectivity index (χ1n) is 14.2. The lowest BCUT2D eigenvalue weighted by Gasteiger charge is -2.39. The SMILES string of the molecule is [C-]#[N+]C[C@H]1CN(c2nc(OC[C@@H]3CCCN3C)nc3cn(Cc4cccc5ccccc45)cc23)CCN1C(=O)C=C. The number of carbonyl (C=O) groups is 1. The number of amides is 1. The first kappa shape index (κ1) is 26.8. The van der Waals surface area contributed by atoms with E-state index in [1.165, 1.54) is 28.8 Å². The minimum absolute atomic E-state index is 0.142. The second-order valence-electron chi connectivity index (χ2n) is 11.0. The lowest BCUT2D eigenvalue weighted by Crippen LogP contribution is -2.56. The fraction of sp³-hybridized carbons (Fsp3) is 0.375. The topological polar surface area (TPSA) is 71.1 Å². The zero-order valence-corrected chi connectivity index (χ0v) is 23.4. The Labute approximate surface area is 240 Å². The van der Waals surface area contributed by atoms with E-state index in [4.69, 9.17) is 21.3 Å². The van der Waals surface area contributed by atoms with Crippen LogP contribution in [0.25, 0.3) is 26.5 Å². The number of piperazine rings is 1. The Morgan fingerprint density at radius 1 is 1.10 bits per heavy atom. The van der Waals surface area contributed by atoms with Crippen molar-refractivity contribution in [1.29, 1.82) is 0 Å². The van der Waals surface area contributed by atoms with E-state index in [-0.39, 0.29) is 18.5 Å². The lowest BCUT2D eigenvalue weighted by atomic mass is 10.0. The van der Waals surface area contributed by atoms with E-state index in [0.29, 0.717) is 44.8 Å². The van der Waals surface area contributed by atoms with Crippen LogP contribution in [0.2, 0.25) is 0 Å². The fourth-order valence-corrected chi connectivity index (χ4v) is 6.14. The molecule has 2 aliphatic heterocycles. The number of rotatable bonds is 8. The summed E-state index contributed by atoms with van der Waals surface area (Å²) in [5.41, 5.74) is 2.05. The number of carbonyl (C=O) groups excluding carboxylic acids is 1. The Kier molecular flexibility index (Phi) is 7.57. The van der Waals surface area contributed by atoms with Gasteiger partial charge in [0.05, 0.1) is 10.9 Å². The van der Waals surface area contributed by atoms with Gasteiger partial charge in [0.1, 0.15) is 18.5 Å². The molecular formula is C32H35N7O2. The molecule has 0 unspecified atom stereocenters. The van der Waals surface area contributed by atoms with E-state index in [1.54, 1.807) is 4.90 Å². The summed E-state index contributed by atoms with van der Waals surface area (Å²) in [7, 11) is 2.13. The van der Waals surface area contributed by atoms with Gasteiger partial charge in [-0.25, -0.2) is 6.57 Å². The lowest BCUT2D eigenvalue weighted by molar-refractivity contribution is -0.128. The molecule has 0 saturated carbocycles. The molecule has 2 saturated heterocycles. The summed E-state index contributed by atoms with van der Waals surface area (Å²) in [6.07, 6.45) is 7.76. The highest BCUT2D eigenvalue weighted by molar-refractivity contribution is 5.91. The van der Waals surface area contributed by atoms with E-state index >= 15 is 0 Å². The van der Waals surface area contributed by atoms with Crippen LogP contribution in [0.15, 0.2) is 67.5 Å². The van der Waals surface area contributed by atoms with Crippen molar-refractivity contribution in [3.63, 3.8) is 0 Å². The molecule has 0 aliphatic carbocycles. The van der Waals surface area contributed by atoms with Crippen LogP contribution in [0.5, 0.6) is 6.01 Å². The average Bonchev–Trinajstić information content (AvgIpc) is 3.60. The smallest absolute Gasteiger partial charge is 0.319 e. The molecule has 2 aromatic heterocycles. The molecule has 0 spiro atoms. The van der Waals surface area contributed by atoms with Gasteiger partial charge in [0, 0.05) is 44.6 Å². The fourth-order valence-electron chi connectivity index (χ4n) is 6.14. The van der Waals surface area contributed by atoms with Gasteiger partial charge in [-0.15, -0.1) is 0 Å². The molecule has 2 atom stereocenters. The highest BCUT2D eigenvalue weighted by Crippen LogP contribution is 2.30. The Morgan fingerprint density at radius 3 is 2.76 bits per heavy atom. The monoisotopic (exact) mass is 549 g/mol. The molecule has 0 radical (unpaired) electrons. The number of anilines is 1. The number of hydrogen-bond donors (Lipinski definition) is 0. The molecule has 0 N–H and O–H groups in total. The Bertz CT molecular complexity index is 1620. The predicted octanol–water partition coefficient (Wildman–Crippen LogP) is 4.23. The van der Waals surface area contributed by atoms with Crippen LogP contribution in [0.1, 0.15) is 18.4 Å². The Hall–Kier alpha value is -4.42. The van der Waals surface area contributed by atoms with Crippen molar-refractivity contribution in [3.8, 4) is 6.01 Å². The predicted molar refractivity (Wildman–Crippen MR) is 161 cm³/mol. The van der Waals surface area contributed by atoms with E-state index in [1.807, 2.05) is 0 Å². The zero-order chi connectivity index (χ0) is 28.3. The van der Waals surface area contributed by atoms with Gasteiger partial charge in [0.2, 0.25) is 12.5 Å². The third-order valence-corrected chi connectivity index (χ3v) is 8.37. The number of hydrogen-bond acceptors (Lipinski definition) is 6. The Morgan fingerprint density at radius 2 is 1.95 bits per heavy atom. The second kappa shape index (κ2) is 11.6. The van der Waals surface area contributed by atoms with Crippen LogP contribution in [0.4, 0.5) is 5.82 Å². The van der Waals surface area contributed by atoms with Gasteiger partial charge >= 0.3 is 6.01 Å². The van der Waals surface area contributed by atoms with Gasteiger partial charge in [-0.2, -0.15) is 9.97 Å². The van der Waals surface area contributed by atoms with Gasteiger partial charge in [0.25, 0.3) is 0 Å².